The molecule has 0 saturated heterocycles. The second kappa shape index (κ2) is 8.22. The van der Waals surface area contributed by atoms with E-state index >= 15 is 0 Å². The SMILES string of the molecule is Cc1ccc2nc(-c3cc(NC=c4c(C)c(C#N)c5nc6ccccc6n5c4=O)ccc3Cl)oc2c1. The average Bonchev–Trinajstić information content (AvgIpc) is 3.46. The highest BCUT2D eigenvalue weighted by atomic mass is 35.5. The molecule has 0 radical (unpaired) electrons. The van der Waals surface area contributed by atoms with Gasteiger partial charge in [0.25, 0.3) is 5.56 Å². The highest BCUT2D eigenvalue weighted by Crippen LogP contribution is 2.32. The molecule has 1 N–H and O–H groups in total. The Kier molecular flexibility index (Phi) is 4.99. The number of hydrogen-bond donors (Lipinski definition) is 1. The highest BCUT2D eigenvalue weighted by molar-refractivity contribution is 6.33. The zero-order chi connectivity index (χ0) is 25.0. The standard InChI is InChI=1S/C28H18ClN5O2/c1-15-7-10-23-25(11-15)36-27(33-23)18-12-17(8-9-21(18)29)31-14-20-16(2)19(13-30)26-32-22-5-3-4-6-24(22)34(26)28(20)35/h3-12,14,31H,1-2H3. The van der Waals surface area contributed by atoms with Crippen molar-refractivity contribution in [3.05, 3.63) is 97.9 Å². The third-order valence-electron chi connectivity index (χ3n) is 6.23. The topological polar surface area (TPSA) is 96.2 Å². The van der Waals surface area contributed by atoms with Gasteiger partial charge < -0.3 is 9.73 Å². The summed E-state index contributed by atoms with van der Waals surface area (Å²) in [5.41, 5.74) is 6.14. The first-order valence-corrected chi connectivity index (χ1v) is 11.6. The molecule has 0 spiro atoms. The van der Waals surface area contributed by atoms with Crippen LogP contribution in [0.3, 0.4) is 0 Å². The van der Waals surface area contributed by atoms with Crippen molar-refractivity contribution >= 4 is 51.3 Å². The van der Waals surface area contributed by atoms with Crippen molar-refractivity contribution in [3.8, 4) is 17.5 Å². The van der Waals surface area contributed by atoms with Gasteiger partial charge in [-0.25, -0.2) is 9.97 Å². The molecule has 0 aliphatic heterocycles. The minimum absolute atomic E-state index is 0.258. The van der Waals surface area contributed by atoms with E-state index in [1.54, 1.807) is 25.3 Å². The van der Waals surface area contributed by atoms with Gasteiger partial charge in [0.05, 0.1) is 32.4 Å². The number of hydrogen-bond acceptors (Lipinski definition) is 6. The van der Waals surface area contributed by atoms with Crippen LogP contribution in [0.2, 0.25) is 5.02 Å². The summed E-state index contributed by atoms with van der Waals surface area (Å²) < 4.78 is 7.44. The number of oxazole rings is 1. The van der Waals surface area contributed by atoms with E-state index in [4.69, 9.17) is 16.0 Å². The summed E-state index contributed by atoms with van der Waals surface area (Å²) in [6.45, 7) is 3.74. The molecule has 3 aromatic carbocycles. The number of anilines is 1. The first-order valence-electron chi connectivity index (χ1n) is 11.2. The van der Waals surface area contributed by atoms with Crippen LogP contribution in [0.5, 0.6) is 0 Å². The number of nitrogens with zero attached hydrogens (tertiary/aromatic N) is 4. The van der Waals surface area contributed by atoms with Crippen molar-refractivity contribution in [3.63, 3.8) is 0 Å². The molecule has 7 nitrogen and oxygen atoms in total. The number of para-hydroxylation sites is 2. The fraction of sp³-hybridized carbons (Fsp3) is 0.0714. The molecule has 0 fully saturated rings. The molecule has 6 rings (SSSR count). The van der Waals surface area contributed by atoms with Gasteiger partial charge in [-0.15, -0.1) is 0 Å². The number of aromatic nitrogens is 3. The van der Waals surface area contributed by atoms with Crippen LogP contribution in [0.1, 0.15) is 16.7 Å². The van der Waals surface area contributed by atoms with Crippen LogP contribution in [0.15, 0.2) is 69.9 Å². The van der Waals surface area contributed by atoms with E-state index in [9.17, 15) is 10.1 Å². The van der Waals surface area contributed by atoms with Gasteiger partial charge >= 0.3 is 0 Å². The Morgan fingerprint density at radius 1 is 1.06 bits per heavy atom. The molecule has 8 heteroatoms. The lowest BCUT2D eigenvalue weighted by Gasteiger charge is -2.06. The maximum Gasteiger partial charge on any atom is 0.265 e. The van der Waals surface area contributed by atoms with Crippen LogP contribution in [0, 0.1) is 25.2 Å². The van der Waals surface area contributed by atoms with Crippen molar-refractivity contribution in [1.29, 1.82) is 5.26 Å². The summed E-state index contributed by atoms with van der Waals surface area (Å²) >= 11 is 6.47. The summed E-state index contributed by atoms with van der Waals surface area (Å²) in [7, 11) is 0. The van der Waals surface area contributed by atoms with Crippen LogP contribution in [-0.4, -0.2) is 14.4 Å². The second-order valence-corrected chi connectivity index (χ2v) is 8.97. The fourth-order valence-electron chi connectivity index (χ4n) is 4.37. The van der Waals surface area contributed by atoms with Crippen LogP contribution in [0.25, 0.3) is 45.4 Å². The number of benzene rings is 3. The van der Waals surface area contributed by atoms with Gasteiger partial charge in [-0.3, -0.25) is 9.20 Å². The molecule has 0 saturated carbocycles. The largest absolute Gasteiger partial charge is 0.436 e. The zero-order valence-corrected chi connectivity index (χ0v) is 20.1. The predicted octanol–water partition coefficient (Wildman–Crippen LogP) is 5.37. The molecule has 3 heterocycles. The van der Waals surface area contributed by atoms with E-state index in [-0.39, 0.29) is 5.56 Å². The maximum absolute atomic E-state index is 13.5. The van der Waals surface area contributed by atoms with E-state index in [1.807, 2.05) is 55.5 Å². The Hall–Kier alpha value is -4.67. The second-order valence-electron chi connectivity index (χ2n) is 8.56. The molecule has 0 amide bonds. The highest BCUT2D eigenvalue weighted by Gasteiger charge is 2.16. The number of imidazole rings is 1. The first kappa shape index (κ1) is 21.8. The first-order chi connectivity index (χ1) is 17.4. The Bertz CT molecular complexity index is 2000. The molecule has 0 aliphatic carbocycles. The molecule has 6 aromatic rings. The molecule has 36 heavy (non-hydrogen) atoms. The molecular weight excluding hydrogens is 474 g/mol. The molecule has 0 atom stereocenters. The van der Waals surface area contributed by atoms with Gasteiger partial charge in [0, 0.05) is 11.9 Å². The summed E-state index contributed by atoms with van der Waals surface area (Å²) in [6, 6.07) is 20.7. The van der Waals surface area contributed by atoms with Crippen molar-refractivity contribution in [1.82, 2.24) is 14.4 Å². The van der Waals surface area contributed by atoms with E-state index < -0.39 is 0 Å². The number of fused-ring (bicyclic) bond motifs is 4. The van der Waals surface area contributed by atoms with Gasteiger partial charge in [0.1, 0.15) is 11.6 Å². The van der Waals surface area contributed by atoms with Crippen molar-refractivity contribution in [2.75, 3.05) is 5.32 Å². The van der Waals surface area contributed by atoms with Crippen LogP contribution in [0.4, 0.5) is 5.69 Å². The summed E-state index contributed by atoms with van der Waals surface area (Å²) in [6.07, 6.45) is 1.61. The minimum atomic E-state index is -0.258. The Morgan fingerprint density at radius 3 is 2.72 bits per heavy atom. The van der Waals surface area contributed by atoms with Gasteiger partial charge in [-0.1, -0.05) is 29.8 Å². The lowest BCUT2D eigenvalue weighted by atomic mass is 10.1. The summed E-state index contributed by atoms with van der Waals surface area (Å²) in [5, 5.41) is 13.9. The average molecular weight is 492 g/mol. The van der Waals surface area contributed by atoms with Gasteiger partial charge in [0.15, 0.2) is 11.2 Å². The Morgan fingerprint density at radius 2 is 1.89 bits per heavy atom. The van der Waals surface area contributed by atoms with E-state index in [1.165, 1.54) is 4.40 Å². The van der Waals surface area contributed by atoms with Gasteiger partial charge in [-0.05, 0) is 67.4 Å². The monoisotopic (exact) mass is 491 g/mol. The number of nitrogens with one attached hydrogen (secondary N) is 1. The van der Waals surface area contributed by atoms with Gasteiger partial charge in [0.2, 0.25) is 5.89 Å². The lowest BCUT2D eigenvalue weighted by molar-refractivity contribution is 0.619. The third-order valence-corrected chi connectivity index (χ3v) is 6.56. The maximum atomic E-state index is 13.5. The van der Waals surface area contributed by atoms with E-state index in [2.05, 4.69) is 21.4 Å². The quantitative estimate of drug-likeness (QED) is 0.357. The van der Waals surface area contributed by atoms with Crippen LogP contribution in [-0.2, 0) is 0 Å². The summed E-state index contributed by atoms with van der Waals surface area (Å²) in [5.74, 6) is 0.406. The number of aryl methyl sites for hydroxylation is 1. The lowest BCUT2D eigenvalue weighted by Crippen LogP contribution is -2.34. The minimum Gasteiger partial charge on any atom is -0.436 e. The molecule has 0 aliphatic rings. The van der Waals surface area contributed by atoms with Crippen molar-refractivity contribution in [2.45, 2.75) is 13.8 Å². The van der Waals surface area contributed by atoms with Gasteiger partial charge in [-0.2, -0.15) is 5.26 Å². The van der Waals surface area contributed by atoms with Crippen LogP contribution < -0.4 is 16.1 Å². The Labute approximate surface area is 209 Å². The molecule has 3 aromatic heterocycles. The summed E-state index contributed by atoms with van der Waals surface area (Å²) in [4.78, 5) is 22.6. The van der Waals surface area contributed by atoms with Crippen molar-refractivity contribution in [2.24, 2.45) is 0 Å². The number of rotatable bonds is 3. The third kappa shape index (κ3) is 3.39. The fourth-order valence-corrected chi connectivity index (χ4v) is 4.57. The van der Waals surface area contributed by atoms with Crippen molar-refractivity contribution < 1.29 is 4.42 Å². The van der Waals surface area contributed by atoms with E-state index in [0.29, 0.717) is 60.8 Å². The number of halogens is 1. The predicted molar refractivity (Wildman–Crippen MR) is 141 cm³/mol. The molecular formula is C28H18ClN5O2. The molecule has 0 unspecified atom stereocenters. The number of nitriles is 1. The normalized spacial score (nSPS) is 12.0. The number of pyridine rings is 1. The molecule has 0 bridgehead atoms. The zero-order valence-electron chi connectivity index (χ0n) is 19.3. The van der Waals surface area contributed by atoms with Crippen LogP contribution >= 0.6 is 11.6 Å². The Balaban J connectivity index is 1.48. The smallest absolute Gasteiger partial charge is 0.265 e. The van der Waals surface area contributed by atoms with E-state index in [0.717, 1.165) is 11.1 Å². The molecule has 174 valence electrons.